The number of benzene rings is 2. The van der Waals surface area contributed by atoms with Gasteiger partial charge in [-0.15, -0.1) is 13.2 Å². The SMILES string of the molecule is CCN(Cc1ccccc1)C(=O)C1CCN(S(=O)(=O)c2ccc(OC(F)(F)F)cc2)CC1. The van der Waals surface area contributed by atoms with Crippen molar-refractivity contribution in [2.24, 2.45) is 5.92 Å². The van der Waals surface area contributed by atoms with Crippen LogP contribution < -0.4 is 4.74 Å². The predicted octanol–water partition coefficient (Wildman–Crippen LogP) is 4.03. The van der Waals surface area contributed by atoms with Crippen molar-refractivity contribution in [2.45, 2.75) is 37.6 Å². The molecule has 1 fully saturated rings. The van der Waals surface area contributed by atoms with Gasteiger partial charge in [0, 0.05) is 32.1 Å². The molecule has 0 atom stereocenters. The van der Waals surface area contributed by atoms with Crippen molar-refractivity contribution in [3.8, 4) is 5.75 Å². The maximum atomic E-state index is 13.0. The Labute approximate surface area is 185 Å². The van der Waals surface area contributed by atoms with Crippen molar-refractivity contribution in [3.63, 3.8) is 0 Å². The Hall–Kier alpha value is -2.59. The number of carbonyl (C=O) groups is 1. The number of hydrogen-bond donors (Lipinski definition) is 0. The van der Waals surface area contributed by atoms with Gasteiger partial charge in [-0.1, -0.05) is 30.3 Å². The molecule has 6 nitrogen and oxygen atoms in total. The lowest BCUT2D eigenvalue weighted by atomic mass is 9.96. The van der Waals surface area contributed by atoms with E-state index in [0.717, 1.165) is 29.8 Å². The van der Waals surface area contributed by atoms with E-state index < -0.39 is 22.1 Å². The molecule has 1 aliphatic heterocycles. The van der Waals surface area contributed by atoms with Crippen LogP contribution in [0.4, 0.5) is 13.2 Å². The number of hydrogen-bond acceptors (Lipinski definition) is 4. The van der Waals surface area contributed by atoms with Crippen LogP contribution >= 0.6 is 0 Å². The first-order valence-corrected chi connectivity index (χ1v) is 11.7. The van der Waals surface area contributed by atoms with E-state index in [4.69, 9.17) is 0 Å². The van der Waals surface area contributed by atoms with E-state index in [0.29, 0.717) is 25.9 Å². The van der Waals surface area contributed by atoms with Crippen molar-refractivity contribution in [2.75, 3.05) is 19.6 Å². The van der Waals surface area contributed by atoms with Gasteiger partial charge in [-0.2, -0.15) is 4.31 Å². The molecule has 1 aliphatic rings. The molecule has 0 radical (unpaired) electrons. The van der Waals surface area contributed by atoms with Gasteiger partial charge in [0.25, 0.3) is 0 Å². The summed E-state index contributed by atoms with van der Waals surface area (Å²) in [5, 5.41) is 0. The molecule has 174 valence electrons. The van der Waals surface area contributed by atoms with E-state index in [-0.39, 0.29) is 29.8 Å². The van der Waals surface area contributed by atoms with Crippen molar-refractivity contribution < 1.29 is 31.1 Å². The summed E-state index contributed by atoms with van der Waals surface area (Å²) in [5.74, 6) is -0.756. The molecule has 0 N–H and O–H groups in total. The molecule has 10 heteroatoms. The summed E-state index contributed by atoms with van der Waals surface area (Å²) >= 11 is 0. The van der Waals surface area contributed by atoms with Gasteiger partial charge >= 0.3 is 6.36 Å². The summed E-state index contributed by atoms with van der Waals surface area (Å²) in [4.78, 5) is 14.6. The lowest BCUT2D eigenvalue weighted by Crippen LogP contribution is -2.44. The zero-order valence-corrected chi connectivity index (χ0v) is 18.4. The smallest absolute Gasteiger partial charge is 0.406 e. The predicted molar refractivity (Wildman–Crippen MR) is 112 cm³/mol. The molecule has 1 amide bonds. The highest BCUT2D eigenvalue weighted by Crippen LogP contribution is 2.28. The summed E-state index contributed by atoms with van der Waals surface area (Å²) in [6.45, 7) is 3.30. The van der Waals surface area contributed by atoms with E-state index in [9.17, 15) is 26.4 Å². The Morgan fingerprint density at radius 1 is 1.06 bits per heavy atom. The Kier molecular flexibility index (Phi) is 7.45. The minimum absolute atomic E-state index is 0.00190. The molecular formula is C22H25F3N2O4S. The zero-order valence-electron chi connectivity index (χ0n) is 17.6. The van der Waals surface area contributed by atoms with Gasteiger partial charge in [-0.25, -0.2) is 8.42 Å². The standard InChI is InChI=1S/C22H25F3N2O4S/c1-2-26(16-17-6-4-3-5-7-17)21(28)18-12-14-27(15-13-18)32(29,30)20-10-8-19(9-11-20)31-22(23,24)25/h3-11,18H,2,12-16H2,1H3. The average molecular weight is 471 g/mol. The summed E-state index contributed by atoms with van der Waals surface area (Å²) in [6, 6.07) is 13.8. The molecule has 32 heavy (non-hydrogen) atoms. The Morgan fingerprint density at radius 2 is 1.66 bits per heavy atom. The Bertz CT molecular complexity index is 1000. The third-order valence-electron chi connectivity index (χ3n) is 5.41. The number of piperidine rings is 1. The summed E-state index contributed by atoms with van der Waals surface area (Å²) in [6.07, 6.45) is -4.07. The monoisotopic (exact) mass is 470 g/mol. The third kappa shape index (κ3) is 6.01. The normalized spacial score (nSPS) is 16.0. The fourth-order valence-corrected chi connectivity index (χ4v) is 5.18. The van der Waals surface area contributed by atoms with Gasteiger partial charge in [0.1, 0.15) is 5.75 Å². The molecule has 0 saturated carbocycles. The lowest BCUT2D eigenvalue weighted by Gasteiger charge is -2.33. The van der Waals surface area contributed by atoms with Crippen LogP contribution in [0.15, 0.2) is 59.5 Å². The fraction of sp³-hybridized carbons (Fsp3) is 0.409. The quantitative estimate of drug-likeness (QED) is 0.613. The first-order valence-electron chi connectivity index (χ1n) is 10.3. The maximum absolute atomic E-state index is 13.0. The van der Waals surface area contributed by atoms with Crippen molar-refractivity contribution in [1.29, 1.82) is 0 Å². The van der Waals surface area contributed by atoms with Gasteiger partial charge < -0.3 is 9.64 Å². The largest absolute Gasteiger partial charge is 0.573 e. The molecule has 2 aromatic carbocycles. The van der Waals surface area contributed by atoms with Crippen LogP contribution in [-0.4, -0.2) is 49.5 Å². The van der Waals surface area contributed by atoms with Gasteiger partial charge in [0.2, 0.25) is 15.9 Å². The first-order chi connectivity index (χ1) is 15.1. The van der Waals surface area contributed by atoms with Gasteiger partial charge in [-0.05, 0) is 49.6 Å². The van der Waals surface area contributed by atoms with Crippen LogP contribution in [0.5, 0.6) is 5.75 Å². The van der Waals surface area contributed by atoms with Gasteiger partial charge in [-0.3, -0.25) is 4.79 Å². The minimum atomic E-state index is -4.85. The van der Waals surface area contributed by atoms with Crippen LogP contribution in [0.25, 0.3) is 0 Å². The van der Waals surface area contributed by atoms with Crippen LogP contribution in [-0.2, 0) is 21.4 Å². The summed E-state index contributed by atoms with van der Waals surface area (Å²) < 4.78 is 67.6. The molecule has 3 rings (SSSR count). The number of rotatable bonds is 7. The first kappa shape index (κ1) is 24.1. The van der Waals surface area contributed by atoms with Gasteiger partial charge in [0.15, 0.2) is 0 Å². The zero-order chi connectivity index (χ0) is 23.4. The van der Waals surface area contributed by atoms with E-state index in [1.165, 1.54) is 4.31 Å². The molecule has 0 bridgehead atoms. The number of ether oxygens (including phenoxy) is 1. The second-order valence-electron chi connectivity index (χ2n) is 7.54. The number of sulfonamides is 1. The Balaban J connectivity index is 1.61. The lowest BCUT2D eigenvalue weighted by molar-refractivity contribution is -0.274. The number of alkyl halides is 3. The van der Waals surface area contributed by atoms with Crippen LogP contribution in [0.2, 0.25) is 0 Å². The van der Waals surface area contributed by atoms with Crippen LogP contribution in [0, 0.1) is 5.92 Å². The van der Waals surface area contributed by atoms with E-state index in [2.05, 4.69) is 4.74 Å². The molecule has 1 heterocycles. The molecule has 1 saturated heterocycles. The third-order valence-corrected chi connectivity index (χ3v) is 7.32. The second kappa shape index (κ2) is 9.91. The molecule has 0 aliphatic carbocycles. The highest BCUT2D eigenvalue weighted by molar-refractivity contribution is 7.89. The fourth-order valence-electron chi connectivity index (χ4n) is 3.71. The number of halogens is 3. The molecular weight excluding hydrogens is 445 g/mol. The molecule has 2 aromatic rings. The second-order valence-corrected chi connectivity index (χ2v) is 9.47. The number of amides is 1. The van der Waals surface area contributed by atoms with Crippen LogP contribution in [0.1, 0.15) is 25.3 Å². The molecule has 0 unspecified atom stereocenters. The molecule has 0 spiro atoms. The minimum Gasteiger partial charge on any atom is -0.406 e. The van der Waals surface area contributed by atoms with E-state index in [1.807, 2.05) is 37.3 Å². The summed E-state index contributed by atoms with van der Waals surface area (Å²) in [7, 11) is -3.87. The highest BCUT2D eigenvalue weighted by Gasteiger charge is 2.34. The van der Waals surface area contributed by atoms with Crippen molar-refractivity contribution in [1.82, 2.24) is 9.21 Å². The Morgan fingerprint density at radius 3 is 2.19 bits per heavy atom. The topological polar surface area (TPSA) is 66.9 Å². The molecule has 0 aromatic heterocycles. The number of nitrogens with zero attached hydrogens (tertiary/aromatic N) is 2. The average Bonchev–Trinajstić information content (AvgIpc) is 2.77. The maximum Gasteiger partial charge on any atom is 0.573 e. The van der Waals surface area contributed by atoms with Crippen molar-refractivity contribution in [3.05, 3.63) is 60.2 Å². The van der Waals surface area contributed by atoms with Crippen molar-refractivity contribution >= 4 is 15.9 Å². The van der Waals surface area contributed by atoms with E-state index in [1.54, 1.807) is 4.90 Å². The van der Waals surface area contributed by atoms with Crippen LogP contribution in [0.3, 0.4) is 0 Å². The summed E-state index contributed by atoms with van der Waals surface area (Å²) in [5.41, 5.74) is 1.03. The number of carbonyl (C=O) groups excluding carboxylic acids is 1. The van der Waals surface area contributed by atoms with Gasteiger partial charge in [0.05, 0.1) is 4.90 Å². The highest BCUT2D eigenvalue weighted by atomic mass is 32.2. The van der Waals surface area contributed by atoms with E-state index >= 15 is 0 Å².